The number of carbonyl (C=O) groups excluding carboxylic acids is 1. The zero-order chi connectivity index (χ0) is 13.8. The predicted molar refractivity (Wildman–Crippen MR) is 80.7 cm³/mol. The Morgan fingerprint density at radius 1 is 1.56 bits per heavy atom. The molecule has 3 N–H and O–H groups in total. The van der Waals surface area contributed by atoms with Gasteiger partial charge in [0, 0.05) is 21.2 Å². The van der Waals surface area contributed by atoms with Gasteiger partial charge in [-0.25, -0.2) is 0 Å². The van der Waals surface area contributed by atoms with Crippen molar-refractivity contribution in [2.75, 3.05) is 5.75 Å². The molecule has 1 rings (SSSR count). The van der Waals surface area contributed by atoms with E-state index in [0.29, 0.717) is 5.75 Å². The van der Waals surface area contributed by atoms with Gasteiger partial charge in [0.05, 0.1) is 0 Å². The van der Waals surface area contributed by atoms with Gasteiger partial charge in [0.2, 0.25) is 5.91 Å². The van der Waals surface area contributed by atoms with E-state index in [9.17, 15) is 4.79 Å². The van der Waals surface area contributed by atoms with E-state index in [-0.39, 0.29) is 11.9 Å². The molecule has 3 nitrogen and oxygen atoms in total. The summed E-state index contributed by atoms with van der Waals surface area (Å²) in [4.78, 5) is 12.7. The van der Waals surface area contributed by atoms with Crippen LogP contribution in [0.15, 0.2) is 33.6 Å². The van der Waals surface area contributed by atoms with Crippen LogP contribution in [0.25, 0.3) is 0 Å². The van der Waals surface area contributed by atoms with E-state index in [0.717, 1.165) is 9.37 Å². The van der Waals surface area contributed by atoms with Gasteiger partial charge in [0.1, 0.15) is 5.54 Å². The number of thioether (sulfide) groups is 1. The molecule has 0 aromatic heterocycles. The summed E-state index contributed by atoms with van der Waals surface area (Å²) in [5.74, 6) is 0.287. The van der Waals surface area contributed by atoms with Crippen LogP contribution >= 0.6 is 27.7 Å². The smallest absolute Gasteiger partial charge is 0.238 e. The van der Waals surface area contributed by atoms with Crippen LogP contribution in [0.4, 0.5) is 0 Å². The molecule has 0 aliphatic carbocycles. The lowest BCUT2D eigenvalue weighted by molar-refractivity contribution is -0.123. The summed E-state index contributed by atoms with van der Waals surface area (Å²) >= 11 is 5.05. The van der Waals surface area contributed by atoms with Crippen LogP contribution in [0.2, 0.25) is 0 Å². The molecular formula is C13H19BrN2OS. The number of benzene rings is 1. The van der Waals surface area contributed by atoms with Gasteiger partial charge in [-0.05, 0) is 39.0 Å². The lowest BCUT2D eigenvalue weighted by atomic mass is 10.0. The Hall–Kier alpha value is -0.520. The minimum Gasteiger partial charge on any atom is -0.368 e. The van der Waals surface area contributed by atoms with E-state index in [1.54, 1.807) is 11.8 Å². The molecule has 0 saturated heterocycles. The first kappa shape index (κ1) is 15.5. The monoisotopic (exact) mass is 330 g/mol. The van der Waals surface area contributed by atoms with Crippen LogP contribution in [0, 0.1) is 0 Å². The van der Waals surface area contributed by atoms with Gasteiger partial charge in [-0.1, -0.05) is 22.0 Å². The summed E-state index contributed by atoms with van der Waals surface area (Å²) in [5.41, 5.74) is 4.80. The van der Waals surface area contributed by atoms with Crippen molar-refractivity contribution in [3.05, 3.63) is 28.7 Å². The number of nitrogens with two attached hydrogens (primary N) is 1. The number of amides is 1. The number of halogens is 1. The summed E-state index contributed by atoms with van der Waals surface area (Å²) in [6, 6.07) is 8.21. The van der Waals surface area contributed by atoms with Gasteiger partial charge in [-0.15, -0.1) is 11.8 Å². The molecule has 0 heterocycles. The van der Waals surface area contributed by atoms with Gasteiger partial charge in [-0.2, -0.15) is 0 Å². The minimum atomic E-state index is -0.693. The van der Waals surface area contributed by atoms with Crippen LogP contribution in [0.3, 0.4) is 0 Å². The molecule has 0 bridgehead atoms. The van der Waals surface area contributed by atoms with Gasteiger partial charge in [0.25, 0.3) is 0 Å². The Labute approximate surface area is 121 Å². The van der Waals surface area contributed by atoms with Crippen molar-refractivity contribution >= 4 is 33.6 Å². The zero-order valence-corrected chi connectivity index (χ0v) is 13.3. The molecule has 0 aliphatic rings. The Balaban J connectivity index is 2.71. The molecule has 18 heavy (non-hydrogen) atoms. The van der Waals surface area contributed by atoms with Crippen LogP contribution in [-0.2, 0) is 4.79 Å². The third-order valence-corrected chi connectivity index (χ3v) is 4.28. The van der Waals surface area contributed by atoms with Gasteiger partial charge < -0.3 is 11.1 Å². The largest absolute Gasteiger partial charge is 0.368 e. The van der Waals surface area contributed by atoms with Crippen molar-refractivity contribution in [1.29, 1.82) is 0 Å². The van der Waals surface area contributed by atoms with Crippen molar-refractivity contribution in [3.8, 4) is 0 Å². The third-order valence-electron chi connectivity index (χ3n) is 2.47. The highest BCUT2D eigenvalue weighted by Crippen LogP contribution is 2.25. The molecule has 1 unspecified atom stereocenters. The van der Waals surface area contributed by atoms with Crippen molar-refractivity contribution in [2.45, 2.75) is 37.2 Å². The highest BCUT2D eigenvalue weighted by Gasteiger charge is 2.31. The van der Waals surface area contributed by atoms with Gasteiger partial charge in [0.15, 0.2) is 0 Å². The summed E-state index contributed by atoms with van der Waals surface area (Å²) in [6.45, 7) is 5.86. The Morgan fingerprint density at radius 2 is 2.22 bits per heavy atom. The first-order valence-electron chi connectivity index (χ1n) is 5.79. The average Bonchev–Trinajstić information content (AvgIpc) is 2.25. The fraction of sp³-hybridized carbons (Fsp3) is 0.462. The van der Waals surface area contributed by atoms with Crippen molar-refractivity contribution in [3.63, 3.8) is 0 Å². The predicted octanol–water partition coefficient (Wildman–Crippen LogP) is 2.78. The molecule has 1 atom stereocenters. The van der Waals surface area contributed by atoms with Crippen LogP contribution in [-0.4, -0.2) is 23.2 Å². The summed E-state index contributed by atoms with van der Waals surface area (Å²) in [6.07, 6.45) is 0. The van der Waals surface area contributed by atoms with E-state index in [1.165, 1.54) is 0 Å². The third kappa shape index (κ3) is 4.63. The quantitative estimate of drug-likeness (QED) is 0.788. The number of hydrogen-bond acceptors (Lipinski definition) is 3. The van der Waals surface area contributed by atoms with Gasteiger partial charge >= 0.3 is 0 Å². The molecule has 0 aliphatic heterocycles. The highest BCUT2D eigenvalue weighted by atomic mass is 79.9. The molecule has 1 aromatic carbocycles. The molecule has 0 spiro atoms. The van der Waals surface area contributed by atoms with E-state index in [1.807, 2.05) is 45.0 Å². The van der Waals surface area contributed by atoms with Crippen LogP contribution < -0.4 is 11.1 Å². The number of hydrogen-bond donors (Lipinski definition) is 2. The first-order valence-corrected chi connectivity index (χ1v) is 7.57. The maximum Gasteiger partial charge on any atom is 0.238 e. The van der Waals surface area contributed by atoms with E-state index < -0.39 is 5.54 Å². The molecule has 5 heteroatoms. The van der Waals surface area contributed by atoms with Gasteiger partial charge in [-0.3, -0.25) is 4.79 Å². The van der Waals surface area contributed by atoms with Crippen LogP contribution in [0.5, 0.6) is 0 Å². The van der Waals surface area contributed by atoms with E-state index >= 15 is 0 Å². The molecule has 0 radical (unpaired) electrons. The molecular weight excluding hydrogens is 312 g/mol. The molecule has 0 saturated carbocycles. The Morgan fingerprint density at radius 3 is 2.72 bits per heavy atom. The topological polar surface area (TPSA) is 55.1 Å². The van der Waals surface area contributed by atoms with E-state index in [4.69, 9.17) is 5.73 Å². The summed E-state index contributed by atoms with van der Waals surface area (Å²) < 4.78 is 1.03. The molecule has 0 fully saturated rings. The van der Waals surface area contributed by atoms with Crippen molar-refractivity contribution in [1.82, 2.24) is 5.32 Å². The number of rotatable bonds is 6. The second kappa shape index (κ2) is 6.59. The lowest BCUT2D eigenvalue weighted by Crippen LogP contribution is -2.57. The second-order valence-electron chi connectivity index (χ2n) is 4.74. The first-order chi connectivity index (χ1) is 8.33. The van der Waals surface area contributed by atoms with Crippen molar-refractivity contribution in [2.24, 2.45) is 5.73 Å². The number of carbonyl (C=O) groups is 1. The lowest BCUT2D eigenvalue weighted by Gasteiger charge is -2.29. The molecule has 1 aromatic rings. The zero-order valence-electron chi connectivity index (χ0n) is 10.9. The fourth-order valence-electron chi connectivity index (χ4n) is 1.61. The second-order valence-corrected chi connectivity index (χ2v) is 6.71. The SMILES string of the molecule is CC(C)NC(C)(CSc1cccc(Br)c1)C(N)=O. The highest BCUT2D eigenvalue weighted by molar-refractivity contribution is 9.10. The number of primary amides is 1. The maximum absolute atomic E-state index is 11.6. The maximum atomic E-state index is 11.6. The van der Waals surface area contributed by atoms with Crippen LogP contribution in [0.1, 0.15) is 20.8 Å². The normalized spacial score (nSPS) is 14.5. The fourth-order valence-corrected chi connectivity index (χ4v) is 3.22. The number of nitrogens with one attached hydrogen (secondary N) is 1. The Bertz CT molecular complexity index is 425. The summed E-state index contributed by atoms with van der Waals surface area (Å²) in [5, 5.41) is 3.23. The minimum absolute atomic E-state index is 0.214. The Kier molecular flexibility index (Phi) is 5.69. The molecule has 100 valence electrons. The summed E-state index contributed by atoms with van der Waals surface area (Å²) in [7, 11) is 0. The standard InChI is InChI=1S/C13H19BrN2OS/c1-9(2)16-13(3,12(15)17)8-18-11-6-4-5-10(14)7-11/h4-7,9,16H,8H2,1-3H3,(H2,15,17). The van der Waals surface area contributed by atoms with Crippen molar-refractivity contribution < 1.29 is 4.79 Å². The van der Waals surface area contributed by atoms with E-state index in [2.05, 4.69) is 21.2 Å². The molecule has 1 amide bonds. The average molecular weight is 331 g/mol.